The zero-order chi connectivity index (χ0) is 12.3. The SMILES string of the molecule is [2H]OC(=O)CC([2H])([2H])CN([2H])C(C)(C)C. The van der Waals surface area contributed by atoms with Crippen LogP contribution in [0.25, 0.3) is 1.43 Å². The van der Waals surface area contributed by atoms with Crippen molar-refractivity contribution >= 4 is 5.97 Å². The van der Waals surface area contributed by atoms with Crippen molar-refractivity contribution < 1.29 is 14.1 Å². The highest BCUT2D eigenvalue weighted by atomic mass is 16.4. The number of hydrogen-bond donors (Lipinski definition) is 2. The average molecular weight is 163 g/mol. The zero-order valence-electron chi connectivity index (χ0n) is 11.2. The Hall–Kier alpha value is -0.570. The number of carbonyl (C=O) groups is 1. The topological polar surface area (TPSA) is 49.3 Å². The Morgan fingerprint density at radius 2 is 2.45 bits per heavy atom. The van der Waals surface area contributed by atoms with Gasteiger partial charge in [-0.3, -0.25) is 4.79 Å². The van der Waals surface area contributed by atoms with Crippen LogP contribution in [0.2, 0.25) is 1.41 Å². The molecule has 0 aromatic carbocycles. The van der Waals surface area contributed by atoms with E-state index in [-0.39, 0.29) is 6.54 Å². The predicted molar refractivity (Wildman–Crippen MR) is 44.6 cm³/mol. The number of carboxylic acids is 1. The zero-order valence-corrected chi connectivity index (χ0v) is 7.18. The van der Waals surface area contributed by atoms with Gasteiger partial charge < -0.3 is 10.4 Å². The molecule has 0 atom stereocenters. The molecule has 66 valence electrons. The van der Waals surface area contributed by atoms with E-state index in [1.165, 1.54) is 0 Å². The molecule has 0 radical (unpaired) electrons. The van der Waals surface area contributed by atoms with E-state index >= 15 is 0 Å². The predicted octanol–water partition coefficient (Wildman–Crippen LogP) is 1.24. The fourth-order valence-corrected chi connectivity index (χ4v) is 0.451. The first kappa shape index (κ1) is 5.14. The molecular weight excluding hydrogens is 142 g/mol. The molecule has 0 aliphatic heterocycles. The quantitative estimate of drug-likeness (QED) is 0.655. The van der Waals surface area contributed by atoms with Gasteiger partial charge in [0, 0.05) is 14.7 Å². The number of nitrogens with one attached hydrogen (secondary N) is 1. The van der Waals surface area contributed by atoms with Crippen LogP contribution in [0.4, 0.5) is 0 Å². The summed E-state index contributed by atoms with van der Waals surface area (Å²) in [5, 5.41) is 4.72. The standard InChI is InChI=1S/C8H17NO2/c1-8(2,3)9-6-4-5-7(10)11/h9H,4-6H2,1-3H3,(H,10,11)/i4D2/hD2. The molecule has 0 unspecified atom stereocenters. The Balaban J connectivity index is 4.31. The number of carboxylic acid groups (broad SMARTS) is 1. The molecule has 0 aliphatic rings. The van der Waals surface area contributed by atoms with Gasteiger partial charge in [0.2, 0.25) is 0 Å². The molecule has 0 fully saturated rings. The van der Waals surface area contributed by atoms with Crippen LogP contribution in [0.15, 0.2) is 0 Å². The third kappa shape index (κ3) is 9.43. The van der Waals surface area contributed by atoms with Crippen LogP contribution in [0, 0.1) is 0 Å². The molecule has 0 rings (SSSR count). The first-order valence-electron chi connectivity index (χ1n) is 5.36. The van der Waals surface area contributed by atoms with Gasteiger partial charge in [-0.1, -0.05) is 0 Å². The smallest absolute Gasteiger partial charge is 0.303 e. The van der Waals surface area contributed by atoms with Gasteiger partial charge in [0.1, 0.15) is 1.41 Å². The molecule has 0 amide bonds. The lowest BCUT2D eigenvalue weighted by Crippen LogP contribution is -2.36. The van der Waals surface area contributed by atoms with Crippen LogP contribution in [0.5, 0.6) is 0 Å². The molecule has 0 spiro atoms. The van der Waals surface area contributed by atoms with Crippen molar-refractivity contribution in [3.63, 3.8) is 0 Å². The molecule has 0 aliphatic carbocycles. The van der Waals surface area contributed by atoms with Gasteiger partial charge >= 0.3 is 5.97 Å². The molecule has 0 saturated carbocycles. The Labute approximate surface area is 73.6 Å². The first-order valence-corrected chi connectivity index (χ1v) is 3.51. The summed E-state index contributed by atoms with van der Waals surface area (Å²) in [6, 6.07) is 0. The van der Waals surface area contributed by atoms with Gasteiger partial charge in [0.05, 0.1) is 0 Å². The fourth-order valence-electron chi connectivity index (χ4n) is 0.451. The van der Waals surface area contributed by atoms with Crippen LogP contribution in [0.1, 0.15) is 36.3 Å². The number of aliphatic carboxylic acids is 1. The fraction of sp³-hybridized carbons (Fsp3) is 0.875. The van der Waals surface area contributed by atoms with Crippen molar-refractivity contribution in [2.75, 3.05) is 6.54 Å². The second-order valence-corrected chi connectivity index (χ2v) is 3.29. The Morgan fingerprint density at radius 3 is 2.91 bits per heavy atom. The second kappa shape index (κ2) is 4.34. The minimum Gasteiger partial charge on any atom is -0.481 e. The maximum absolute atomic E-state index is 10.7. The summed E-state index contributed by atoms with van der Waals surface area (Å²) in [6.45, 7) is 5.13. The lowest BCUT2D eigenvalue weighted by atomic mass is 10.1. The molecule has 3 heteroatoms. The minimum absolute atomic E-state index is 0.203. The van der Waals surface area contributed by atoms with Crippen LogP contribution in [-0.4, -0.2) is 23.2 Å². The van der Waals surface area contributed by atoms with Gasteiger partial charge in [-0.15, -0.1) is 0 Å². The van der Waals surface area contributed by atoms with Crippen LogP contribution < -0.4 is 5.31 Å². The summed E-state index contributed by atoms with van der Waals surface area (Å²) in [7, 11) is 0. The van der Waals surface area contributed by atoms with Crippen LogP contribution in [0.3, 0.4) is 0 Å². The largest absolute Gasteiger partial charge is 0.481 e. The molecule has 0 heterocycles. The monoisotopic (exact) mass is 163 g/mol. The molecule has 2 N–H and O–H groups in total. The first-order chi connectivity index (χ1) is 6.58. The third-order valence-electron chi connectivity index (χ3n) is 0.935. The summed E-state index contributed by atoms with van der Waals surface area (Å²) in [5.41, 5.74) is -0.488. The summed E-state index contributed by atoms with van der Waals surface area (Å²) >= 11 is 0. The van der Waals surface area contributed by atoms with E-state index in [9.17, 15) is 4.79 Å². The second-order valence-electron chi connectivity index (χ2n) is 3.29. The van der Waals surface area contributed by atoms with Gasteiger partial charge in [-0.25, -0.2) is 0 Å². The van der Waals surface area contributed by atoms with Gasteiger partial charge in [0.15, 0.2) is 0 Å². The Bertz CT molecular complexity index is 227. The lowest BCUT2D eigenvalue weighted by molar-refractivity contribution is -0.137. The molecule has 0 aromatic heterocycles. The highest BCUT2D eigenvalue weighted by molar-refractivity contribution is 5.66. The maximum Gasteiger partial charge on any atom is 0.303 e. The van der Waals surface area contributed by atoms with Crippen LogP contribution in [-0.2, 0) is 4.79 Å². The van der Waals surface area contributed by atoms with Crippen molar-refractivity contribution in [2.45, 2.75) is 39.1 Å². The van der Waals surface area contributed by atoms with E-state index < -0.39 is 24.3 Å². The van der Waals surface area contributed by atoms with Crippen molar-refractivity contribution in [3.8, 4) is 0 Å². The van der Waals surface area contributed by atoms with Crippen molar-refractivity contribution in [1.82, 2.24) is 5.31 Å². The Morgan fingerprint density at radius 1 is 1.82 bits per heavy atom. The third-order valence-corrected chi connectivity index (χ3v) is 0.935. The average Bonchev–Trinajstić information content (AvgIpc) is 2.00. The molecular formula is C8H17NO2. The lowest BCUT2D eigenvalue weighted by Gasteiger charge is -2.19. The van der Waals surface area contributed by atoms with Gasteiger partial charge in [-0.2, -0.15) is 0 Å². The molecule has 0 saturated heterocycles. The molecule has 11 heavy (non-hydrogen) atoms. The molecule has 3 nitrogen and oxygen atoms in total. The number of hydrogen-bond acceptors (Lipinski definition) is 3. The summed E-state index contributed by atoms with van der Waals surface area (Å²) < 4.78 is 28.9. The Kier molecular flexibility index (Phi) is 2.03. The van der Waals surface area contributed by atoms with Crippen molar-refractivity contribution in [1.29, 1.82) is 1.43 Å². The maximum atomic E-state index is 10.7. The molecule has 0 bridgehead atoms. The van der Waals surface area contributed by atoms with E-state index in [1.54, 1.807) is 20.8 Å². The number of rotatable bonds is 4. The van der Waals surface area contributed by atoms with Gasteiger partial charge in [-0.05, 0) is 33.7 Å². The van der Waals surface area contributed by atoms with E-state index in [0.717, 1.165) is 5.31 Å². The highest BCUT2D eigenvalue weighted by Gasteiger charge is 2.07. The van der Waals surface area contributed by atoms with Crippen molar-refractivity contribution in [2.24, 2.45) is 0 Å². The van der Waals surface area contributed by atoms with Crippen molar-refractivity contribution in [3.05, 3.63) is 0 Å². The van der Waals surface area contributed by atoms with E-state index in [4.69, 9.17) is 5.58 Å². The van der Waals surface area contributed by atoms with Crippen LogP contribution >= 0.6 is 0 Å². The summed E-state index contributed by atoms with van der Waals surface area (Å²) in [6.07, 6.45) is -2.37. The normalized spacial score (nSPS) is 18.2. The minimum atomic E-state index is -1.85. The van der Waals surface area contributed by atoms with E-state index in [1.807, 2.05) is 0 Å². The van der Waals surface area contributed by atoms with Gasteiger partial charge in [0.25, 0.3) is 1.43 Å². The highest BCUT2D eigenvalue weighted by Crippen LogP contribution is 1.98. The molecule has 0 aromatic rings. The van der Waals surface area contributed by atoms with E-state index in [0.29, 0.717) is 0 Å². The van der Waals surface area contributed by atoms with E-state index in [2.05, 4.69) is 5.11 Å². The summed E-state index contributed by atoms with van der Waals surface area (Å²) in [5.74, 6) is -0.928. The summed E-state index contributed by atoms with van der Waals surface area (Å²) in [4.78, 5) is 10.7.